The number of carbonyl (C=O) groups excluding carboxylic acids is 1. The summed E-state index contributed by atoms with van der Waals surface area (Å²) in [6, 6.07) is 6.54. The quantitative estimate of drug-likeness (QED) is 0.757. The Balaban J connectivity index is 1.68. The van der Waals surface area contributed by atoms with E-state index in [1.54, 1.807) is 26.2 Å². The standard InChI is InChI=1S/C21H19ClF2N4OS/c1-28(2)19(29)21-9-15(21)18(27-20(25)30-21)14-7-11(3-6-16(14)23)17(24)8-13-5-4-12(22)10-26-13/h3-8,10,15,18H,9H2,1-2H3,(H2,25,27)/b17-8-. The molecule has 2 N–H and O–H groups in total. The first-order valence-electron chi connectivity index (χ1n) is 9.24. The average molecular weight is 449 g/mol. The smallest absolute Gasteiger partial charge is 0.239 e. The van der Waals surface area contributed by atoms with E-state index in [2.05, 4.69) is 9.98 Å². The third-order valence-corrected chi connectivity index (χ3v) is 6.83. The number of aliphatic imine (C=N–C) groups is 1. The second-order valence-corrected chi connectivity index (χ2v) is 9.33. The van der Waals surface area contributed by atoms with Gasteiger partial charge in [0, 0.05) is 43.4 Å². The number of hydrogen-bond acceptors (Lipinski definition) is 5. The second kappa shape index (κ2) is 7.67. The number of amides is 1. The summed E-state index contributed by atoms with van der Waals surface area (Å²) in [7, 11) is 3.35. The van der Waals surface area contributed by atoms with Gasteiger partial charge in [0.05, 0.1) is 16.8 Å². The zero-order chi connectivity index (χ0) is 21.6. The summed E-state index contributed by atoms with van der Waals surface area (Å²) in [4.78, 5) is 22.6. The van der Waals surface area contributed by atoms with E-state index in [4.69, 9.17) is 17.3 Å². The number of nitrogens with two attached hydrogens (primary N) is 1. The number of hydrogen-bond donors (Lipinski definition) is 1. The summed E-state index contributed by atoms with van der Waals surface area (Å²) >= 11 is 7.03. The summed E-state index contributed by atoms with van der Waals surface area (Å²) < 4.78 is 28.8. The lowest BCUT2D eigenvalue weighted by Crippen LogP contribution is -2.39. The molecule has 1 aromatic heterocycles. The summed E-state index contributed by atoms with van der Waals surface area (Å²) in [5, 5.41) is 0.678. The number of halogens is 3. The van der Waals surface area contributed by atoms with Crippen LogP contribution in [0.25, 0.3) is 11.9 Å². The van der Waals surface area contributed by atoms with Crippen LogP contribution in [0.2, 0.25) is 5.02 Å². The minimum Gasteiger partial charge on any atom is -0.378 e. The van der Waals surface area contributed by atoms with Gasteiger partial charge in [-0.2, -0.15) is 0 Å². The molecule has 9 heteroatoms. The second-order valence-electron chi connectivity index (χ2n) is 7.54. The van der Waals surface area contributed by atoms with Crippen molar-refractivity contribution < 1.29 is 13.6 Å². The predicted molar refractivity (Wildman–Crippen MR) is 116 cm³/mol. The lowest BCUT2D eigenvalue weighted by Gasteiger charge is -2.27. The Morgan fingerprint density at radius 1 is 1.37 bits per heavy atom. The van der Waals surface area contributed by atoms with Crippen LogP contribution in [0.1, 0.15) is 29.3 Å². The van der Waals surface area contributed by atoms with E-state index in [0.29, 0.717) is 17.1 Å². The first kappa shape index (κ1) is 20.8. The maximum absolute atomic E-state index is 14.8. The Kier molecular flexibility index (Phi) is 5.32. The van der Waals surface area contributed by atoms with Crippen molar-refractivity contribution >= 4 is 46.3 Å². The molecular formula is C21H19ClF2N4OS. The van der Waals surface area contributed by atoms with Gasteiger partial charge in [-0.15, -0.1) is 0 Å². The molecule has 30 heavy (non-hydrogen) atoms. The average Bonchev–Trinajstić information content (AvgIpc) is 3.44. The van der Waals surface area contributed by atoms with Crippen molar-refractivity contribution in [3.8, 4) is 0 Å². The van der Waals surface area contributed by atoms with Gasteiger partial charge in [-0.05, 0) is 36.8 Å². The molecular weight excluding hydrogens is 430 g/mol. The molecule has 2 aliphatic rings. The van der Waals surface area contributed by atoms with Crippen molar-refractivity contribution in [2.75, 3.05) is 14.1 Å². The molecule has 156 valence electrons. The van der Waals surface area contributed by atoms with Crippen LogP contribution in [0.3, 0.4) is 0 Å². The van der Waals surface area contributed by atoms with E-state index < -0.39 is 22.4 Å². The fourth-order valence-corrected chi connectivity index (χ4v) is 5.22. The topological polar surface area (TPSA) is 71.6 Å². The molecule has 5 nitrogen and oxygen atoms in total. The molecule has 2 heterocycles. The SMILES string of the molecule is CN(C)C(=O)C12CC1C(c1cc(/C(F)=C/c3ccc(Cl)cn3)ccc1F)N=C(N)S2. The molecule has 3 atom stereocenters. The maximum atomic E-state index is 14.8. The van der Waals surface area contributed by atoms with Gasteiger partial charge in [-0.25, -0.2) is 8.78 Å². The van der Waals surface area contributed by atoms with Gasteiger partial charge < -0.3 is 10.6 Å². The van der Waals surface area contributed by atoms with Gasteiger partial charge in [-0.3, -0.25) is 14.8 Å². The summed E-state index contributed by atoms with van der Waals surface area (Å²) in [5.41, 5.74) is 6.78. The number of aromatic nitrogens is 1. The highest BCUT2D eigenvalue weighted by Crippen LogP contribution is 2.64. The van der Waals surface area contributed by atoms with Crippen molar-refractivity contribution in [3.63, 3.8) is 0 Å². The fraction of sp³-hybridized carbons (Fsp3) is 0.286. The maximum Gasteiger partial charge on any atom is 0.239 e. The molecule has 1 aliphatic heterocycles. The van der Waals surface area contributed by atoms with E-state index in [0.717, 1.165) is 0 Å². The minimum absolute atomic E-state index is 0.0724. The van der Waals surface area contributed by atoms with Gasteiger partial charge in [0.15, 0.2) is 5.17 Å². The van der Waals surface area contributed by atoms with Gasteiger partial charge in [0.1, 0.15) is 16.4 Å². The molecule has 1 aliphatic carbocycles. The zero-order valence-corrected chi connectivity index (χ0v) is 17.8. The van der Waals surface area contributed by atoms with Crippen LogP contribution in [-0.2, 0) is 4.79 Å². The van der Waals surface area contributed by atoms with Crippen LogP contribution in [0, 0.1) is 11.7 Å². The number of fused-ring (bicyclic) bond motifs is 1. The number of nitrogens with zero attached hydrogens (tertiary/aromatic N) is 3. The minimum atomic E-state index is -0.732. The number of carbonyl (C=O) groups is 1. The molecule has 0 spiro atoms. The first-order chi connectivity index (χ1) is 14.2. The predicted octanol–water partition coefficient (Wildman–Crippen LogP) is 4.29. The number of thioether (sulfide) groups is 1. The van der Waals surface area contributed by atoms with Gasteiger partial charge in [-0.1, -0.05) is 23.4 Å². The molecule has 2 aromatic rings. The number of benzene rings is 1. The lowest BCUT2D eigenvalue weighted by molar-refractivity contribution is -0.129. The van der Waals surface area contributed by atoms with Crippen LogP contribution in [-0.4, -0.2) is 39.8 Å². The zero-order valence-electron chi connectivity index (χ0n) is 16.3. The summed E-state index contributed by atoms with van der Waals surface area (Å²) in [5.74, 6) is -1.35. The number of pyridine rings is 1. The van der Waals surface area contributed by atoms with Gasteiger partial charge >= 0.3 is 0 Å². The van der Waals surface area contributed by atoms with E-state index in [9.17, 15) is 13.6 Å². The molecule has 3 unspecified atom stereocenters. The van der Waals surface area contributed by atoms with Gasteiger partial charge in [0.2, 0.25) is 5.91 Å². The van der Waals surface area contributed by atoms with Crippen LogP contribution in [0.15, 0.2) is 41.5 Å². The molecule has 4 rings (SSSR count). The molecule has 0 bridgehead atoms. The van der Waals surface area contributed by atoms with E-state index in [-0.39, 0.29) is 28.1 Å². The third kappa shape index (κ3) is 3.70. The van der Waals surface area contributed by atoms with Crippen molar-refractivity contribution in [2.45, 2.75) is 17.2 Å². The highest BCUT2D eigenvalue weighted by molar-refractivity contribution is 8.15. The highest BCUT2D eigenvalue weighted by atomic mass is 35.5. The van der Waals surface area contributed by atoms with Crippen molar-refractivity contribution in [3.05, 3.63) is 64.2 Å². The van der Waals surface area contributed by atoms with Gasteiger partial charge in [0.25, 0.3) is 0 Å². The number of rotatable bonds is 4. The fourth-order valence-electron chi connectivity index (χ4n) is 3.75. The molecule has 0 saturated heterocycles. The van der Waals surface area contributed by atoms with Crippen molar-refractivity contribution in [1.82, 2.24) is 9.88 Å². The third-order valence-electron chi connectivity index (χ3n) is 5.28. The van der Waals surface area contributed by atoms with Crippen LogP contribution >= 0.6 is 23.4 Å². The lowest BCUT2D eigenvalue weighted by atomic mass is 9.97. The van der Waals surface area contributed by atoms with E-state index >= 15 is 0 Å². The highest BCUT2D eigenvalue weighted by Gasteiger charge is 2.67. The molecule has 1 aromatic carbocycles. The Bertz CT molecular complexity index is 1070. The van der Waals surface area contributed by atoms with E-state index in [1.807, 2.05) is 0 Å². The summed E-state index contributed by atoms with van der Waals surface area (Å²) in [6.07, 6.45) is 3.21. The Labute approximate surface area is 182 Å². The van der Waals surface area contributed by atoms with Crippen molar-refractivity contribution in [2.24, 2.45) is 16.6 Å². The molecule has 1 fully saturated rings. The molecule has 0 radical (unpaired) electrons. The van der Waals surface area contributed by atoms with Crippen LogP contribution in [0.4, 0.5) is 8.78 Å². The van der Waals surface area contributed by atoms with Crippen LogP contribution in [0.5, 0.6) is 0 Å². The monoisotopic (exact) mass is 448 g/mol. The first-order valence-corrected chi connectivity index (χ1v) is 10.4. The normalized spacial score (nSPS) is 25.4. The van der Waals surface area contributed by atoms with Crippen LogP contribution < -0.4 is 5.73 Å². The summed E-state index contributed by atoms with van der Waals surface area (Å²) in [6.45, 7) is 0. The Morgan fingerprint density at radius 3 is 2.80 bits per heavy atom. The largest absolute Gasteiger partial charge is 0.378 e. The Hall–Kier alpha value is -2.45. The molecule has 1 saturated carbocycles. The Morgan fingerprint density at radius 2 is 2.13 bits per heavy atom. The van der Waals surface area contributed by atoms with E-state index in [1.165, 1.54) is 47.1 Å². The molecule has 1 amide bonds. The number of amidine groups is 1. The van der Waals surface area contributed by atoms with Crippen molar-refractivity contribution in [1.29, 1.82) is 0 Å².